The van der Waals surface area contributed by atoms with E-state index >= 15 is 0 Å². The highest BCUT2D eigenvalue weighted by molar-refractivity contribution is 5.77. The van der Waals surface area contributed by atoms with Crippen molar-refractivity contribution in [1.82, 2.24) is 4.90 Å². The largest absolute Gasteiger partial charge is 0.469 e. The van der Waals surface area contributed by atoms with Gasteiger partial charge in [0.2, 0.25) is 5.91 Å². The number of methoxy groups -OCH3 is 1. The van der Waals surface area contributed by atoms with Crippen LogP contribution in [-0.2, 0) is 14.3 Å². The molecule has 102 valence electrons. The average molecular weight is 253 g/mol. The molecule has 0 spiro atoms. The maximum atomic E-state index is 11.8. The molecule has 1 unspecified atom stereocenters. The van der Waals surface area contributed by atoms with Crippen molar-refractivity contribution >= 4 is 11.9 Å². The van der Waals surface area contributed by atoms with Crippen LogP contribution in [0.5, 0.6) is 0 Å². The van der Waals surface area contributed by atoms with E-state index in [-0.39, 0.29) is 17.3 Å². The summed E-state index contributed by atoms with van der Waals surface area (Å²) in [5.74, 6) is 0.0204. The molecule has 1 heterocycles. The van der Waals surface area contributed by atoms with E-state index in [2.05, 4.69) is 13.5 Å². The number of piperidine rings is 1. The predicted molar refractivity (Wildman–Crippen MR) is 70.0 cm³/mol. The number of hydrogen-bond acceptors (Lipinski definition) is 3. The van der Waals surface area contributed by atoms with Crippen molar-refractivity contribution in [3.05, 3.63) is 12.7 Å². The Morgan fingerprint density at radius 2 is 2.33 bits per heavy atom. The van der Waals surface area contributed by atoms with Crippen LogP contribution >= 0.6 is 0 Å². The number of amides is 1. The quantitative estimate of drug-likeness (QED) is 0.538. The molecular weight excluding hydrogens is 230 g/mol. The number of carbonyl (C=O) groups excluding carboxylic acids is 2. The van der Waals surface area contributed by atoms with Crippen molar-refractivity contribution < 1.29 is 14.3 Å². The highest BCUT2D eigenvalue weighted by atomic mass is 16.5. The Morgan fingerprint density at radius 1 is 1.61 bits per heavy atom. The molecule has 0 aromatic carbocycles. The Balaban J connectivity index is 2.65. The van der Waals surface area contributed by atoms with Gasteiger partial charge in [0.05, 0.1) is 7.11 Å². The van der Waals surface area contributed by atoms with Crippen LogP contribution < -0.4 is 0 Å². The number of rotatable bonds is 6. The standard InChI is InChI=1S/C14H23NO3/c1-4-10-15-11-14(5-2,8-6-12(15)16)9-7-13(17)18-3/h4H,1,5-11H2,2-3H3. The highest BCUT2D eigenvalue weighted by Crippen LogP contribution is 2.38. The summed E-state index contributed by atoms with van der Waals surface area (Å²) in [5.41, 5.74) is 0.0606. The lowest BCUT2D eigenvalue weighted by atomic mass is 9.74. The minimum atomic E-state index is -0.171. The Kier molecular flexibility index (Phi) is 5.38. The molecule has 4 nitrogen and oxygen atoms in total. The molecule has 1 aliphatic rings. The van der Waals surface area contributed by atoms with E-state index in [9.17, 15) is 9.59 Å². The molecule has 1 atom stereocenters. The van der Waals surface area contributed by atoms with Gasteiger partial charge in [0, 0.05) is 25.9 Å². The number of ether oxygens (including phenoxy) is 1. The van der Waals surface area contributed by atoms with Gasteiger partial charge in [-0.2, -0.15) is 0 Å². The van der Waals surface area contributed by atoms with E-state index in [1.54, 1.807) is 6.08 Å². The lowest BCUT2D eigenvalue weighted by Crippen LogP contribution is -2.46. The summed E-state index contributed by atoms with van der Waals surface area (Å²) >= 11 is 0. The van der Waals surface area contributed by atoms with Crippen LogP contribution in [0.25, 0.3) is 0 Å². The van der Waals surface area contributed by atoms with Crippen molar-refractivity contribution in [2.75, 3.05) is 20.2 Å². The number of carbonyl (C=O) groups is 2. The molecule has 0 aromatic heterocycles. The fourth-order valence-electron chi connectivity index (χ4n) is 2.56. The zero-order chi connectivity index (χ0) is 13.6. The third-order valence-corrected chi connectivity index (χ3v) is 3.93. The zero-order valence-corrected chi connectivity index (χ0v) is 11.4. The zero-order valence-electron chi connectivity index (χ0n) is 11.4. The van der Waals surface area contributed by atoms with Crippen LogP contribution in [0.4, 0.5) is 0 Å². The Labute approximate surface area is 109 Å². The maximum Gasteiger partial charge on any atom is 0.305 e. The third-order valence-electron chi connectivity index (χ3n) is 3.93. The van der Waals surface area contributed by atoms with Gasteiger partial charge in [-0.05, 0) is 24.7 Å². The number of likely N-dealkylation sites (tertiary alicyclic amines) is 1. The van der Waals surface area contributed by atoms with Crippen molar-refractivity contribution in [2.24, 2.45) is 5.41 Å². The summed E-state index contributed by atoms with van der Waals surface area (Å²) in [6.07, 6.45) is 5.39. The van der Waals surface area contributed by atoms with Gasteiger partial charge in [-0.15, -0.1) is 6.58 Å². The number of hydrogen-bond donors (Lipinski definition) is 0. The molecule has 1 aliphatic heterocycles. The van der Waals surface area contributed by atoms with Gasteiger partial charge >= 0.3 is 5.97 Å². The van der Waals surface area contributed by atoms with Crippen molar-refractivity contribution in [3.63, 3.8) is 0 Å². The van der Waals surface area contributed by atoms with Gasteiger partial charge in [0.25, 0.3) is 0 Å². The minimum absolute atomic E-state index is 0.0606. The molecule has 1 amide bonds. The molecule has 0 aliphatic carbocycles. The number of esters is 1. The van der Waals surface area contributed by atoms with Gasteiger partial charge in [0.1, 0.15) is 0 Å². The van der Waals surface area contributed by atoms with Crippen molar-refractivity contribution in [3.8, 4) is 0 Å². The van der Waals surface area contributed by atoms with E-state index < -0.39 is 0 Å². The fraction of sp³-hybridized carbons (Fsp3) is 0.714. The SMILES string of the molecule is C=CCN1CC(CC)(CCC(=O)OC)CCC1=O. The summed E-state index contributed by atoms with van der Waals surface area (Å²) in [6, 6.07) is 0. The first-order valence-electron chi connectivity index (χ1n) is 6.52. The third kappa shape index (κ3) is 3.59. The van der Waals surface area contributed by atoms with Crippen LogP contribution in [0.3, 0.4) is 0 Å². The number of nitrogens with zero attached hydrogens (tertiary/aromatic N) is 1. The minimum Gasteiger partial charge on any atom is -0.469 e. The van der Waals surface area contributed by atoms with E-state index in [0.29, 0.717) is 19.4 Å². The molecule has 0 aromatic rings. The van der Waals surface area contributed by atoms with Crippen LogP contribution in [0.1, 0.15) is 39.0 Å². The fourth-order valence-corrected chi connectivity index (χ4v) is 2.56. The van der Waals surface area contributed by atoms with Crippen molar-refractivity contribution in [1.29, 1.82) is 0 Å². The monoisotopic (exact) mass is 253 g/mol. The molecule has 1 rings (SSSR count). The average Bonchev–Trinajstić information content (AvgIpc) is 2.40. The highest BCUT2D eigenvalue weighted by Gasteiger charge is 2.37. The van der Waals surface area contributed by atoms with Gasteiger partial charge in [-0.25, -0.2) is 0 Å². The summed E-state index contributed by atoms with van der Waals surface area (Å²) in [7, 11) is 1.41. The first kappa shape index (κ1) is 14.7. The van der Waals surface area contributed by atoms with Crippen LogP contribution in [0.2, 0.25) is 0 Å². The topological polar surface area (TPSA) is 46.6 Å². The molecule has 1 fully saturated rings. The second-order valence-corrected chi connectivity index (χ2v) is 4.99. The molecule has 4 heteroatoms. The maximum absolute atomic E-state index is 11.8. The Bertz CT molecular complexity index is 327. The smallest absolute Gasteiger partial charge is 0.305 e. The van der Waals surface area contributed by atoms with Crippen molar-refractivity contribution in [2.45, 2.75) is 39.0 Å². The first-order chi connectivity index (χ1) is 8.56. The van der Waals surface area contributed by atoms with Crippen LogP contribution in [-0.4, -0.2) is 37.0 Å². The van der Waals surface area contributed by atoms with Gasteiger partial charge < -0.3 is 9.64 Å². The van der Waals surface area contributed by atoms with E-state index in [4.69, 9.17) is 4.74 Å². The lowest BCUT2D eigenvalue weighted by Gasteiger charge is -2.42. The van der Waals surface area contributed by atoms with E-state index in [1.807, 2.05) is 4.90 Å². The lowest BCUT2D eigenvalue weighted by molar-refractivity contribution is -0.142. The van der Waals surface area contributed by atoms with Gasteiger partial charge in [-0.1, -0.05) is 13.0 Å². The van der Waals surface area contributed by atoms with Crippen LogP contribution in [0.15, 0.2) is 12.7 Å². The second kappa shape index (κ2) is 6.57. The molecule has 18 heavy (non-hydrogen) atoms. The van der Waals surface area contributed by atoms with E-state index in [0.717, 1.165) is 25.8 Å². The van der Waals surface area contributed by atoms with Gasteiger partial charge in [0.15, 0.2) is 0 Å². The summed E-state index contributed by atoms with van der Waals surface area (Å²) in [4.78, 5) is 24.9. The summed E-state index contributed by atoms with van der Waals surface area (Å²) in [5, 5.41) is 0. The molecule has 0 N–H and O–H groups in total. The summed E-state index contributed by atoms with van der Waals surface area (Å²) < 4.78 is 4.69. The predicted octanol–water partition coefficient (Wildman–Crippen LogP) is 2.14. The Hall–Kier alpha value is -1.32. The summed E-state index contributed by atoms with van der Waals surface area (Å²) in [6.45, 7) is 7.13. The second-order valence-electron chi connectivity index (χ2n) is 4.99. The Morgan fingerprint density at radius 3 is 2.89 bits per heavy atom. The molecule has 1 saturated heterocycles. The van der Waals surface area contributed by atoms with Gasteiger partial charge in [-0.3, -0.25) is 9.59 Å². The molecule has 0 bridgehead atoms. The first-order valence-corrected chi connectivity index (χ1v) is 6.52. The van der Waals surface area contributed by atoms with E-state index in [1.165, 1.54) is 7.11 Å². The van der Waals surface area contributed by atoms with Crippen LogP contribution in [0, 0.1) is 5.41 Å². The molecule has 0 saturated carbocycles. The normalized spacial score (nSPS) is 23.9. The molecule has 0 radical (unpaired) electrons. The molecular formula is C14H23NO3.